The highest BCUT2D eigenvalue weighted by molar-refractivity contribution is 7.86. The van der Waals surface area contributed by atoms with Crippen LogP contribution in [0.2, 0.25) is 0 Å². The van der Waals surface area contributed by atoms with Crippen molar-refractivity contribution in [3.8, 4) is 5.75 Å². The molecule has 0 aliphatic carbocycles. The molecule has 25 heavy (non-hydrogen) atoms. The topological polar surface area (TPSA) is 52.6 Å². The van der Waals surface area contributed by atoms with Crippen molar-refractivity contribution in [1.29, 1.82) is 0 Å². The fourth-order valence-corrected chi connectivity index (χ4v) is 3.15. The van der Waals surface area contributed by atoms with Gasteiger partial charge in [0.2, 0.25) is 0 Å². The Labute approximate surface area is 150 Å². The molecule has 0 amide bonds. The van der Waals surface area contributed by atoms with Gasteiger partial charge in [0, 0.05) is 5.56 Å². The first-order valence-corrected chi connectivity index (χ1v) is 9.25. The smallest absolute Gasteiger partial charge is 0.297 e. The molecule has 6 heteroatoms. The molecule has 0 spiro atoms. The Bertz CT molecular complexity index is 857. The summed E-state index contributed by atoms with van der Waals surface area (Å²) in [6.07, 6.45) is 2.59. The maximum absolute atomic E-state index is 12.3. The number of aryl methyl sites for hydroxylation is 1. The van der Waals surface area contributed by atoms with Crippen molar-refractivity contribution in [3.63, 3.8) is 0 Å². The Morgan fingerprint density at radius 2 is 1.84 bits per heavy atom. The summed E-state index contributed by atoms with van der Waals surface area (Å²) in [5, 5.41) is 0. The van der Waals surface area contributed by atoms with Crippen LogP contribution < -0.4 is 10.2 Å². The Kier molecular flexibility index (Phi) is 6.23. The molecule has 2 aromatic rings. The van der Waals surface area contributed by atoms with E-state index in [2.05, 4.69) is 13.2 Å². The molecular formula is C19H21BO4S. The fraction of sp³-hybridized carbons (Fsp3) is 0.158. The van der Waals surface area contributed by atoms with Crippen LogP contribution in [0.1, 0.15) is 11.1 Å². The maximum Gasteiger partial charge on any atom is 0.297 e. The molecule has 1 unspecified atom stereocenters. The van der Waals surface area contributed by atoms with Gasteiger partial charge in [0.05, 0.1) is 4.90 Å². The molecule has 0 bridgehead atoms. The second-order valence-electron chi connectivity index (χ2n) is 5.64. The molecule has 0 aliphatic rings. The molecule has 2 rings (SSSR count). The van der Waals surface area contributed by atoms with E-state index in [1.807, 2.05) is 33.0 Å². The number of hydrogen-bond donors (Lipinski definition) is 0. The van der Waals surface area contributed by atoms with Gasteiger partial charge in [0.25, 0.3) is 10.1 Å². The van der Waals surface area contributed by atoms with Crippen LogP contribution in [0.3, 0.4) is 0 Å². The molecule has 0 N–H and O–H groups in total. The largest absolute Gasteiger partial charge is 0.484 e. The van der Waals surface area contributed by atoms with E-state index in [0.717, 1.165) is 16.6 Å². The van der Waals surface area contributed by atoms with Gasteiger partial charge < -0.3 is 4.74 Å². The van der Waals surface area contributed by atoms with Gasteiger partial charge in [-0.3, -0.25) is 4.18 Å². The minimum Gasteiger partial charge on any atom is -0.484 e. The normalized spacial score (nSPS) is 12.4. The van der Waals surface area contributed by atoms with E-state index in [1.54, 1.807) is 18.2 Å². The number of para-hydroxylation sites is 1. The molecule has 0 radical (unpaired) electrons. The zero-order valence-electron chi connectivity index (χ0n) is 14.4. The van der Waals surface area contributed by atoms with Crippen molar-refractivity contribution in [2.75, 3.05) is 6.61 Å². The van der Waals surface area contributed by atoms with Gasteiger partial charge in [-0.25, -0.2) is 0 Å². The van der Waals surface area contributed by atoms with Crippen LogP contribution in [-0.2, 0) is 14.3 Å². The summed E-state index contributed by atoms with van der Waals surface area (Å²) in [6, 6.07) is 12.2. The minimum atomic E-state index is -3.85. The van der Waals surface area contributed by atoms with E-state index < -0.39 is 16.2 Å². The summed E-state index contributed by atoms with van der Waals surface area (Å²) < 4.78 is 35.6. The summed E-state index contributed by atoms with van der Waals surface area (Å²) in [6.45, 7) is 9.19. The molecular weight excluding hydrogens is 335 g/mol. The van der Waals surface area contributed by atoms with Crippen molar-refractivity contribution in [1.82, 2.24) is 0 Å². The van der Waals surface area contributed by atoms with Gasteiger partial charge in [-0.2, -0.15) is 8.42 Å². The van der Waals surface area contributed by atoms with Crippen molar-refractivity contribution in [2.24, 2.45) is 0 Å². The lowest BCUT2D eigenvalue weighted by Crippen LogP contribution is -2.25. The minimum absolute atomic E-state index is 0.114. The van der Waals surface area contributed by atoms with E-state index in [-0.39, 0.29) is 11.5 Å². The maximum atomic E-state index is 12.3. The molecule has 1 atom stereocenters. The van der Waals surface area contributed by atoms with Crippen molar-refractivity contribution >= 4 is 29.5 Å². The summed E-state index contributed by atoms with van der Waals surface area (Å²) in [5.74, 6) is 0.638. The lowest BCUT2D eigenvalue weighted by Gasteiger charge is -2.19. The van der Waals surface area contributed by atoms with E-state index in [0.29, 0.717) is 5.75 Å². The van der Waals surface area contributed by atoms with E-state index in [4.69, 9.17) is 8.92 Å². The van der Waals surface area contributed by atoms with Crippen LogP contribution in [0.5, 0.6) is 5.75 Å². The van der Waals surface area contributed by atoms with Gasteiger partial charge in [-0.1, -0.05) is 55.1 Å². The molecule has 0 saturated carbocycles. The number of benzene rings is 2. The predicted molar refractivity (Wildman–Crippen MR) is 104 cm³/mol. The highest BCUT2D eigenvalue weighted by atomic mass is 32.2. The third kappa shape index (κ3) is 4.84. The molecule has 4 nitrogen and oxygen atoms in total. The first-order chi connectivity index (χ1) is 11.9. The summed E-state index contributed by atoms with van der Waals surface area (Å²) >= 11 is 0. The molecule has 130 valence electrons. The quantitative estimate of drug-likeness (QED) is 0.414. The third-order valence-electron chi connectivity index (χ3n) is 3.69. The number of hydrogen-bond acceptors (Lipinski definition) is 4. The zero-order chi connectivity index (χ0) is 18.4. The van der Waals surface area contributed by atoms with Gasteiger partial charge >= 0.3 is 0 Å². The lowest BCUT2D eigenvalue weighted by atomic mass is 9.92. The third-order valence-corrected chi connectivity index (χ3v) is 4.99. The number of rotatable bonds is 8. The zero-order valence-corrected chi connectivity index (χ0v) is 15.3. The van der Waals surface area contributed by atoms with Crippen LogP contribution in [0, 0.1) is 6.92 Å². The van der Waals surface area contributed by atoms with E-state index >= 15 is 0 Å². The van der Waals surface area contributed by atoms with Crippen LogP contribution in [0.25, 0.3) is 6.08 Å². The monoisotopic (exact) mass is 356 g/mol. The molecule has 0 fully saturated rings. The summed E-state index contributed by atoms with van der Waals surface area (Å²) in [5.41, 5.74) is 2.72. The Morgan fingerprint density at radius 1 is 1.16 bits per heavy atom. The number of ether oxygens (including phenoxy) is 1. The summed E-state index contributed by atoms with van der Waals surface area (Å²) in [4.78, 5) is 0.114. The van der Waals surface area contributed by atoms with Crippen LogP contribution in [0.4, 0.5) is 0 Å². The van der Waals surface area contributed by atoms with Crippen LogP contribution >= 0.6 is 0 Å². The van der Waals surface area contributed by atoms with Gasteiger partial charge in [-0.15, -0.1) is 0 Å². The average Bonchev–Trinajstić information content (AvgIpc) is 2.60. The first kappa shape index (κ1) is 19.0. The van der Waals surface area contributed by atoms with Crippen LogP contribution in [0.15, 0.2) is 66.6 Å². The van der Waals surface area contributed by atoms with Crippen LogP contribution in [-0.4, -0.2) is 29.0 Å². The van der Waals surface area contributed by atoms with Crippen molar-refractivity contribution in [2.45, 2.75) is 17.9 Å². The van der Waals surface area contributed by atoms with Crippen molar-refractivity contribution < 1.29 is 17.3 Å². The second-order valence-corrected chi connectivity index (χ2v) is 7.26. The Hall–Kier alpha value is -2.31. The summed E-state index contributed by atoms with van der Waals surface area (Å²) in [7, 11) is -1.94. The standard InChI is InChI=1S/C19H21BO4S/c1-4-15-7-6-8-18(20)19(15)24-16(5-2)13-23-25(21,22)17-11-9-14(3)10-12-17/h4-12,16H,1-2,13,20H2,3H3. The Balaban J connectivity index is 2.12. The van der Waals surface area contributed by atoms with E-state index in [9.17, 15) is 8.42 Å². The second kappa shape index (κ2) is 8.18. The average molecular weight is 356 g/mol. The molecule has 0 heterocycles. The molecule has 0 saturated heterocycles. The van der Waals surface area contributed by atoms with Crippen molar-refractivity contribution in [3.05, 3.63) is 72.8 Å². The highest BCUT2D eigenvalue weighted by Crippen LogP contribution is 2.19. The Morgan fingerprint density at radius 3 is 2.44 bits per heavy atom. The first-order valence-electron chi connectivity index (χ1n) is 7.84. The predicted octanol–water partition coefficient (Wildman–Crippen LogP) is 2.24. The van der Waals surface area contributed by atoms with E-state index in [1.165, 1.54) is 18.2 Å². The molecule has 2 aromatic carbocycles. The SMILES string of the molecule is Bc1cccc(C=C)c1OC(C=C)COS(=O)(=O)c1ccc(C)cc1. The van der Waals surface area contributed by atoms with Gasteiger partial charge in [0.1, 0.15) is 26.3 Å². The fourth-order valence-electron chi connectivity index (χ4n) is 2.23. The van der Waals surface area contributed by atoms with Gasteiger partial charge in [-0.05, 0) is 30.6 Å². The molecule has 0 aromatic heterocycles. The highest BCUT2D eigenvalue weighted by Gasteiger charge is 2.19. The van der Waals surface area contributed by atoms with Gasteiger partial charge in [0.15, 0.2) is 0 Å². The molecule has 0 aliphatic heterocycles. The lowest BCUT2D eigenvalue weighted by molar-refractivity contribution is 0.169.